The molecule has 1 aromatic rings. The fourth-order valence-corrected chi connectivity index (χ4v) is 2.14. The molecule has 0 radical (unpaired) electrons. The van der Waals surface area contributed by atoms with E-state index in [1.807, 2.05) is 13.8 Å². The summed E-state index contributed by atoms with van der Waals surface area (Å²) >= 11 is 0. The molecule has 1 N–H and O–H groups in total. The van der Waals surface area contributed by atoms with Crippen LogP contribution >= 0.6 is 0 Å². The monoisotopic (exact) mass is 251 g/mol. The minimum atomic E-state index is 0.254. The topological polar surface area (TPSA) is 39.7 Å². The Balaban J connectivity index is 2.18. The summed E-state index contributed by atoms with van der Waals surface area (Å²) in [6.07, 6.45) is 1.21. The summed E-state index contributed by atoms with van der Waals surface area (Å²) in [6, 6.07) is 4.14. The Kier molecular flexibility index (Phi) is 4.44. The molecule has 4 nitrogen and oxygen atoms in total. The van der Waals surface area contributed by atoms with Crippen molar-refractivity contribution in [2.75, 3.05) is 13.2 Å². The van der Waals surface area contributed by atoms with Gasteiger partial charge in [-0.2, -0.15) is 5.48 Å². The van der Waals surface area contributed by atoms with E-state index in [1.165, 1.54) is 5.56 Å². The van der Waals surface area contributed by atoms with Crippen LogP contribution in [0.15, 0.2) is 12.1 Å². The molecule has 0 bridgehead atoms. The second-order valence-electron chi connectivity index (χ2n) is 4.39. The van der Waals surface area contributed by atoms with Gasteiger partial charge >= 0.3 is 0 Å². The molecule has 0 fully saturated rings. The summed E-state index contributed by atoms with van der Waals surface area (Å²) in [5, 5.41) is 0. The molecule has 1 aliphatic heterocycles. The van der Waals surface area contributed by atoms with Crippen molar-refractivity contribution in [3.05, 3.63) is 23.3 Å². The van der Waals surface area contributed by atoms with Gasteiger partial charge in [0.05, 0.1) is 13.2 Å². The maximum atomic E-state index is 5.76. The summed E-state index contributed by atoms with van der Waals surface area (Å²) in [5.41, 5.74) is 5.21. The van der Waals surface area contributed by atoms with E-state index in [9.17, 15) is 0 Å². The van der Waals surface area contributed by atoms with Crippen molar-refractivity contribution in [2.45, 2.75) is 39.8 Å². The molecule has 2 rings (SSSR count). The molecule has 18 heavy (non-hydrogen) atoms. The number of ether oxygens (including phenoxy) is 2. The predicted molar refractivity (Wildman–Crippen MR) is 69.9 cm³/mol. The molecule has 100 valence electrons. The summed E-state index contributed by atoms with van der Waals surface area (Å²) in [7, 11) is 0. The highest BCUT2D eigenvalue weighted by atomic mass is 16.6. The van der Waals surface area contributed by atoms with Gasteiger partial charge in [-0.1, -0.05) is 0 Å². The maximum Gasteiger partial charge on any atom is 0.124 e. The molecule has 1 heterocycles. The summed E-state index contributed by atoms with van der Waals surface area (Å²) in [5.74, 6) is 1.89. The molecule has 0 aliphatic carbocycles. The first-order valence-corrected chi connectivity index (χ1v) is 6.54. The summed E-state index contributed by atoms with van der Waals surface area (Å²) in [4.78, 5) is 5.16. The number of rotatable bonds is 6. The van der Waals surface area contributed by atoms with E-state index in [4.69, 9.17) is 14.3 Å². The summed E-state index contributed by atoms with van der Waals surface area (Å²) < 4.78 is 11.4. The Morgan fingerprint density at radius 2 is 2.17 bits per heavy atom. The van der Waals surface area contributed by atoms with Crippen molar-refractivity contribution < 1.29 is 14.3 Å². The molecule has 4 heteroatoms. The maximum absolute atomic E-state index is 5.76. The second kappa shape index (κ2) is 6.07. The van der Waals surface area contributed by atoms with Crippen LogP contribution in [0.4, 0.5) is 0 Å². The number of nitrogens with one attached hydrogen (secondary N) is 1. The van der Waals surface area contributed by atoms with Gasteiger partial charge in [0, 0.05) is 24.1 Å². The first-order valence-electron chi connectivity index (χ1n) is 6.54. The lowest BCUT2D eigenvalue weighted by Gasteiger charge is -2.13. The minimum absolute atomic E-state index is 0.254. The van der Waals surface area contributed by atoms with Crippen molar-refractivity contribution in [3.8, 4) is 11.5 Å². The second-order valence-corrected chi connectivity index (χ2v) is 4.39. The Hall–Kier alpha value is -1.26. The van der Waals surface area contributed by atoms with Crippen molar-refractivity contribution in [1.82, 2.24) is 5.48 Å². The van der Waals surface area contributed by atoms with Gasteiger partial charge in [-0.25, -0.2) is 0 Å². The third-order valence-electron chi connectivity index (χ3n) is 2.89. The van der Waals surface area contributed by atoms with Crippen LogP contribution in [0, 0.1) is 0 Å². The summed E-state index contributed by atoms with van der Waals surface area (Å²) in [6.45, 7) is 7.95. The predicted octanol–water partition coefficient (Wildman–Crippen LogP) is 2.45. The van der Waals surface area contributed by atoms with Gasteiger partial charge in [-0.15, -0.1) is 0 Å². The Morgan fingerprint density at radius 1 is 1.33 bits per heavy atom. The van der Waals surface area contributed by atoms with E-state index >= 15 is 0 Å². The van der Waals surface area contributed by atoms with Crippen molar-refractivity contribution in [1.29, 1.82) is 0 Å². The lowest BCUT2D eigenvalue weighted by atomic mass is 10.1. The zero-order chi connectivity index (χ0) is 13.0. The van der Waals surface area contributed by atoms with E-state index < -0.39 is 0 Å². The lowest BCUT2D eigenvalue weighted by Crippen LogP contribution is -2.14. The van der Waals surface area contributed by atoms with Crippen LogP contribution in [0.5, 0.6) is 11.5 Å². The van der Waals surface area contributed by atoms with Crippen LogP contribution in [-0.4, -0.2) is 19.3 Å². The van der Waals surface area contributed by atoms with Crippen LogP contribution in [0.3, 0.4) is 0 Å². The van der Waals surface area contributed by atoms with Crippen molar-refractivity contribution in [3.63, 3.8) is 0 Å². The third-order valence-corrected chi connectivity index (χ3v) is 2.89. The molecular weight excluding hydrogens is 230 g/mol. The zero-order valence-electron chi connectivity index (χ0n) is 11.3. The van der Waals surface area contributed by atoms with E-state index in [-0.39, 0.29) is 6.10 Å². The first-order chi connectivity index (χ1) is 8.74. The van der Waals surface area contributed by atoms with Gasteiger partial charge in [0.1, 0.15) is 17.6 Å². The number of hydrogen-bond acceptors (Lipinski definition) is 4. The number of hydrogen-bond donors (Lipinski definition) is 1. The molecule has 0 spiro atoms. The first kappa shape index (κ1) is 13.2. The Labute approximate surface area is 108 Å². The standard InChI is InChI=1S/C14H21NO3/c1-4-16-13-7-11-6-10(3)18-14(11)8-12(13)9-15-17-5-2/h7-8,10,15H,4-6,9H2,1-3H3. The van der Waals surface area contributed by atoms with Gasteiger partial charge in [-0.05, 0) is 32.9 Å². The molecule has 0 aromatic heterocycles. The van der Waals surface area contributed by atoms with Crippen LogP contribution in [-0.2, 0) is 17.8 Å². The van der Waals surface area contributed by atoms with Crippen LogP contribution in [0.2, 0.25) is 0 Å². The highest BCUT2D eigenvalue weighted by Gasteiger charge is 2.21. The van der Waals surface area contributed by atoms with Crippen molar-refractivity contribution >= 4 is 0 Å². The molecule has 0 saturated heterocycles. The molecule has 1 atom stereocenters. The van der Waals surface area contributed by atoms with Gasteiger partial charge < -0.3 is 14.3 Å². The van der Waals surface area contributed by atoms with E-state index in [0.717, 1.165) is 23.5 Å². The average Bonchev–Trinajstić information content (AvgIpc) is 2.69. The van der Waals surface area contributed by atoms with Gasteiger partial charge in [0.15, 0.2) is 0 Å². The fourth-order valence-electron chi connectivity index (χ4n) is 2.14. The van der Waals surface area contributed by atoms with Gasteiger partial charge in [-0.3, -0.25) is 0 Å². The number of hydroxylamine groups is 1. The third kappa shape index (κ3) is 2.94. The zero-order valence-corrected chi connectivity index (χ0v) is 11.3. The fraction of sp³-hybridized carbons (Fsp3) is 0.571. The van der Waals surface area contributed by atoms with E-state index in [0.29, 0.717) is 19.8 Å². The van der Waals surface area contributed by atoms with Crippen LogP contribution < -0.4 is 15.0 Å². The quantitative estimate of drug-likeness (QED) is 0.622. The van der Waals surface area contributed by atoms with E-state index in [1.54, 1.807) is 0 Å². The molecular formula is C14H21NO3. The minimum Gasteiger partial charge on any atom is -0.494 e. The Bertz CT molecular complexity index is 406. The highest BCUT2D eigenvalue weighted by molar-refractivity contribution is 5.48. The number of fused-ring (bicyclic) bond motifs is 1. The molecule has 1 unspecified atom stereocenters. The number of benzene rings is 1. The highest BCUT2D eigenvalue weighted by Crippen LogP contribution is 2.35. The molecule has 0 saturated carbocycles. The normalized spacial score (nSPS) is 17.4. The molecule has 0 amide bonds. The van der Waals surface area contributed by atoms with Crippen LogP contribution in [0.25, 0.3) is 0 Å². The van der Waals surface area contributed by atoms with Crippen molar-refractivity contribution in [2.24, 2.45) is 0 Å². The van der Waals surface area contributed by atoms with Gasteiger partial charge in [0.2, 0.25) is 0 Å². The smallest absolute Gasteiger partial charge is 0.124 e. The average molecular weight is 251 g/mol. The SMILES string of the molecule is CCONCc1cc2c(cc1OCC)CC(C)O2. The lowest BCUT2D eigenvalue weighted by molar-refractivity contribution is 0.0458. The van der Waals surface area contributed by atoms with Crippen LogP contribution in [0.1, 0.15) is 31.9 Å². The van der Waals surface area contributed by atoms with E-state index in [2.05, 4.69) is 24.5 Å². The Morgan fingerprint density at radius 3 is 2.89 bits per heavy atom. The van der Waals surface area contributed by atoms with Gasteiger partial charge in [0.25, 0.3) is 0 Å². The molecule has 1 aliphatic rings. The largest absolute Gasteiger partial charge is 0.494 e. The molecule has 1 aromatic carbocycles.